The summed E-state index contributed by atoms with van der Waals surface area (Å²) in [7, 11) is 0. The predicted molar refractivity (Wildman–Crippen MR) is 88.7 cm³/mol. The van der Waals surface area contributed by atoms with E-state index in [0.29, 0.717) is 13.1 Å². The van der Waals surface area contributed by atoms with E-state index in [1.807, 2.05) is 27.7 Å². The highest BCUT2D eigenvalue weighted by Gasteiger charge is 2.25. The largest absolute Gasteiger partial charge is 0.376 e. The highest BCUT2D eigenvalue weighted by atomic mass is 16.5. The van der Waals surface area contributed by atoms with Crippen LogP contribution in [0.1, 0.15) is 63.1 Å². The number of nitrogens with zero attached hydrogens (tertiary/aromatic N) is 2. The van der Waals surface area contributed by atoms with Crippen LogP contribution in [0.4, 0.5) is 0 Å². The van der Waals surface area contributed by atoms with Crippen LogP contribution in [-0.2, 0) is 10.2 Å². The number of H-pyrrole nitrogens is 1. The second kappa shape index (κ2) is 7.25. The lowest BCUT2D eigenvalue weighted by Crippen LogP contribution is -2.39. The smallest absolute Gasteiger partial charge is 0.345 e. The van der Waals surface area contributed by atoms with Crippen molar-refractivity contribution in [2.24, 2.45) is 0 Å². The summed E-state index contributed by atoms with van der Waals surface area (Å²) in [6, 6.07) is 1.70. The van der Waals surface area contributed by atoms with E-state index in [4.69, 9.17) is 4.74 Å². The van der Waals surface area contributed by atoms with E-state index >= 15 is 0 Å². The first-order valence-corrected chi connectivity index (χ1v) is 8.34. The lowest BCUT2D eigenvalue weighted by molar-refractivity contribution is 0.0521. The third-order valence-electron chi connectivity index (χ3n) is 4.00. The average molecular weight is 321 g/mol. The van der Waals surface area contributed by atoms with Crippen molar-refractivity contribution in [2.45, 2.75) is 58.5 Å². The van der Waals surface area contributed by atoms with Gasteiger partial charge in [0.1, 0.15) is 5.69 Å². The van der Waals surface area contributed by atoms with Gasteiger partial charge in [-0.25, -0.2) is 4.79 Å². The normalized spacial score (nSPS) is 18.2. The van der Waals surface area contributed by atoms with Gasteiger partial charge in [-0.05, 0) is 25.3 Å². The van der Waals surface area contributed by atoms with Gasteiger partial charge in [0.25, 0.3) is 5.91 Å². The summed E-state index contributed by atoms with van der Waals surface area (Å²) >= 11 is 0. The molecule has 0 radical (unpaired) electrons. The maximum Gasteiger partial charge on any atom is 0.345 e. The summed E-state index contributed by atoms with van der Waals surface area (Å²) in [5.74, 6) is -0.195. The summed E-state index contributed by atoms with van der Waals surface area (Å²) < 4.78 is 5.64. The highest BCUT2D eigenvalue weighted by Crippen LogP contribution is 2.20. The van der Waals surface area contributed by atoms with Gasteiger partial charge in [0.05, 0.1) is 6.10 Å². The van der Waals surface area contributed by atoms with Gasteiger partial charge in [0.2, 0.25) is 0 Å². The zero-order chi connectivity index (χ0) is 17.0. The van der Waals surface area contributed by atoms with E-state index in [-0.39, 0.29) is 23.1 Å². The van der Waals surface area contributed by atoms with Gasteiger partial charge in [-0.1, -0.05) is 27.7 Å². The van der Waals surface area contributed by atoms with Crippen molar-refractivity contribution in [3.8, 4) is 0 Å². The number of rotatable bonds is 5. The Hall–Kier alpha value is -1.69. The molecule has 2 heterocycles. The third-order valence-corrected chi connectivity index (χ3v) is 4.00. The number of amides is 1. The molecule has 0 spiro atoms. The lowest BCUT2D eigenvalue weighted by Gasteiger charge is -2.25. The molecular formula is C17H27N3O3. The molecule has 128 valence electrons. The van der Waals surface area contributed by atoms with Gasteiger partial charge in [0.15, 0.2) is 0 Å². The van der Waals surface area contributed by atoms with Crippen LogP contribution in [0.5, 0.6) is 0 Å². The van der Waals surface area contributed by atoms with Crippen molar-refractivity contribution >= 4 is 5.91 Å². The standard InChI is InChI=1S/C17H27N3O3/c1-5-8-20(11-12-7-6-9-23-12)15(21)13-10-14(17(2,3)4)19-16(22)18-13/h10,12H,5-9,11H2,1-4H3,(H,18,19,22)/t12-/m0/s1. The molecule has 0 bridgehead atoms. The van der Waals surface area contributed by atoms with Crippen LogP contribution in [0.3, 0.4) is 0 Å². The van der Waals surface area contributed by atoms with Crippen molar-refractivity contribution < 1.29 is 9.53 Å². The molecule has 1 aromatic rings. The molecular weight excluding hydrogens is 294 g/mol. The van der Waals surface area contributed by atoms with Crippen LogP contribution in [0.25, 0.3) is 0 Å². The molecule has 0 aliphatic carbocycles. The van der Waals surface area contributed by atoms with Gasteiger partial charge in [-0.2, -0.15) is 4.98 Å². The van der Waals surface area contributed by atoms with Crippen LogP contribution in [0.2, 0.25) is 0 Å². The number of aromatic amines is 1. The molecule has 1 aliphatic rings. The Labute approximate surface area is 137 Å². The molecule has 1 fully saturated rings. The molecule has 0 unspecified atom stereocenters. The Balaban J connectivity index is 2.24. The Morgan fingerprint density at radius 1 is 1.48 bits per heavy atom. The van der Waals surface area contributed by atoms with Crippen LogP contribution in [0, 0.1) is 0 Å². The monoisotopic (exact) mass is 321 g/mol. The molecule has 23 heavy (non-hydrogen) atoms. The molecule has 6 heteroatoms. The molecule has 0 aromatic carbocycles. The molecule has 0 saturated carbocycles. The zero-order valence-corrected chi connectivity index (χ0v) is 14.5. The number of carbonyl (C=O) groups excluding carboxylic acids is 1. The van der Waals surface area contributed by atoms with E-state index in [9.17, 15) is 9.59 Å². The number of aromatic nitrogens is 2. The minimum atomic E-state index is -0.477. The molecule has 1 aromatic heterocycles. The van der Waals surface area contributed by atoms with E-state index in [2.05, 4.69) is 9.97 Å². The summed E-state index contributed by atoms with van der Waals surface area (Å²) in [5.41, 5.74) is 0.204. The number of hydrogen-bond acceptors (Lipinski definition) is 4. The molecule has 1 atom stereocenters. The Bertz CT molecular complexity index is 598. The van der Waals surface area contributed by atoms with E-state index in [0.717, 1.165) is 31.6 Å². The Kier molecular flexibility index (Phi) is 5.57. The molecule has 6 nitrogen and oxygen atoms in total. The topological polar surface area (TPSA) is 75.3 Å². The van der Waals surface area contributed by atoms with Crippen molar-refractivity contribution in [1.29, 1.82) is 0 Å². The third kappa shape index (κ3) is 4.64. The van der Waals surface area contributed by atoms with Crippen molar-refractivity contribution in [3.63, 3.8) is 0 Å². The minimum absolute atomic E-state index is 0.0922. The number of nitrogens with one attached hydrogen (secondary N) is 1. The van der Waals surface area contributed by atoms with Crippen molar-refractivity contribution in [2.75, 3.05) is 19.7 Å². The first kappa shape index (κ1) is 17.7. The summed E-state index contributed by atoms with van der Waals surface area (Å²) in [4.78, 5) is 33.0. The lowest BCUT2D eigenvalue weighted by atomic mass is 9.91. The first-order valence-electron chi connectivity index (χ1n) is 8.34. The maximum atomic E-state index is 12.8. The second-order valence-corrected chi connectivity index (χ2v) is 7.12. The summed E-state index contributed by atoms with van der Waals surface area (Å²) in [6.45, 7) is 9.95. The van der Waals surface area contributed by atoms with E-state index in [1.54, 1.807) is 11.0 Å². The first-order chi connectivity index (χ1) is 10.8. The number of ether oxygens (including phenoxy) is 1. The Morgan fingerprint density at radius 3 is 2.78 bits per heavy atom. The second-order valence-electron chi connectivity index (χ2n) is 7.12. The van der Waals surface area contributed by atoms with Crippen LogP contribution in [0.15, 0.2) is 10.9 Å². The number of hydrogen-bond donors (Lipinski definition) is 1. The van der Waals surface area contributed by atoms with Gasteiger partial charge < -0.3 is 14.6 Å². The molecule has 2 rings (SSSR count). The van der Waals surface area contributed by atoms with Crippen molar-refractivity contribution in [1.82, 2.24) is 14.9 Å². The van der Waals surface area contributed by atoms with Crippen LogP contribution >= 0.6 is 0 Å². The van der Waals surface area contributed by atoms with Crippen LogP contribution in [-0.4, -0.2) is 46.6 Å². The fourth-order valence-electron chi connectivity index (χ4n) is 2.71. The van der Waals surface area contributed by atoms with Crippen LogP contribution < -0.4 is 5.69 Å². The minimum Gasteiger partial charge on any atom is -0.376 e. The van der Waals surface area contributed by atoms with Gasteiger partial charge in [-0.15, -0.1) is 0 Å². The maximum absolute atomic E-state index is 12.8. The molecule has 1 saturated heterocycles. The van der Waals surface area contributed by atoms with E-state index in [1.165, 1.54) is 0 Å². The SMILES string of the molecule is CCCN(C[C@@H]1CCCO1)C(=O)c1cc(C(C)(C)C)[nH]c(=O)n1. The molecule has 1 N–H and O–H groups in total. The fraction of sp³-hybridized carbons (Fsp3) is 0.706. The van der Waals surface area contributed by atoms with Crippen molar-refractivity contribution in [3.05, 3.63) is 27.9 Å². The van der Waals surface area contributed by atoms with E-state index < -0.39 is 5.69 Å². The fourth-order valence-corrected chi connectivity index (χ4v) is 2.71. The Morgan fingerprint density at radius 2 is 2.22 bits per heavy atom. The van der Waals surface area contributed by atoms with Gasteiger partial charge >= 0.3 is 5.69 Å². The van der Waals surface area contributed by atoms with Gasteiger partial charge in [0, 0.05) is 30.8 Å². The summed E-state index contributed by atoms with van der Waals surface area (Å²) in [5, 5.41) is 0. The number of carbonyl (C=O) groups is 1. The molecule has 1 aliphatic heterocycles. The average Bonchev–Trinajstić information content (AvgIpc) is 2.97. The van der Waals surface area contributed by atoms with Gasteiger partial charge in [-0.3, -0.25) is 4.79 Å². The predicted octanol–water partition coefficient (Wildman–Crippen LogP) is 2.10. The summed E-state index contributed by atoms with van der Waals surface area (Å²) in [6.07, 6.45) is 2.96. The highest BCUT2D eigenvalue weighted by molar-refractivity contribution is 5.92. The quantitative estimate of drug-likeness (QED) is 0.901. The zero-order valence-electron chi connectivity index (χ0n) is 14.5. The molecule has 1 amide bonds.